The first kappa shape index (κ1) is 15.6. The highest BCUT2D eigenvalue weighted by Crippen LogP contribution is 2.20. The summed E-state index contributed by atoms with van der Waals surface area (Å²) < 4.78 is 4.32. The van der Waals surface area contributed by atoms with Gasteiger partial charge in [-0.25, -0.2) is 4.79 Å². The fraction of sp³-hybridized carbons (Fsp3) is 0.250. The molecule has 8 nitrogen and oxygen atoms in total. The summed E-state index contributed by atoms with van der Waals surface area (Å²) in [6.45, 7) is -0.671. The molecule has 2 atom stereocenters. The van der Waals surface area contributed by atoms with Crippen LogP contribution in [0.5, 0.6) is 11.5 Å². The second kappa shape index (κ2) is 6.64. The number of esters is 1. The predicted octanol–water partition coefficient (Wildman–Crippen LogP) is -0.310. The van der Waals surface area contributed by atoms with Crippen LogP contribution in [-0.4, -0.2) is 55.4 Å². The Morgan fingerprint density at radius 3 is 2.00 bits per heavy atom. The van der Waals surface area contributed by atoms with Gasteiger partial charge in [-0.1, -0.05) is 6.07 Å². The Bertz CT molecular complexity index is 493. The number of hydrogen-bond acceptors (Lipinski definition) is 8. The van der Waals surface area contributed by atoms with Crippen molar-refractivity contribution in [3.63, 3.8) is 0 Å². The third-order valence-corrected chi connectivity index (χ3v) is 2.31. The first-order valence-corrected chi connectivity index (χ1v) is 5.46. The lowest BCUT2D eigenvalue weighted by Gasteiger charge is -2.13. The maximum Gasteiger partial charge on any atom is 0.377 e. The molecule has 1 aliphatic heterocycles. The van der Waals surface area contributed by atoms with E-state index in [-0.39, 0.29) is 11.5 Å². The number of hydrogen-bond donors (Lipinski definition) is 6. The number of carbonyl (C=O) groups is 1. The van der Waals surface area contributed by atoms with Crippen LogP contribution in [-0.2, 0) is 9.53 Å². The minimum absolute atomic E-state index is 0.0880. The summed E-state index contributed by atoms with van der Waals surface area (Å²) in [6.07, 6.45) is -2.78. The van der Waals surface area contributed by atoms with Gasteiger partial charge in [-0.3, -0.25) is 0 Å². The number of aliphatic hydroxyl groups excluding tert-OH is 4. The molecule has 20 heavy (non-hydrogen) atoms. The fourth-order valence-corrected chi connectivity index (χ4v) is 1.32. The van der Waals surface area contributed by atoms with E-state index in [0.29, 0.717) is 0 Å². The second-order valence-electron chi connectivity index (χ2n) is 3.83. The van der Waals surface area contributed by atoms with Crippen LogP contribution >= 0.6 is 0 Å². The molecule has 2 rings (SSSR count). The molecule has 0 aliphatic carbocycles. The molecule has 6 N–H and O–H groups in total. The molecule has 1 aromatic rings. The van der Waals surface area contributed by atoms with Gasteiger partial charge in [0.2, 0.25) is 5.76 Å². The van der Waals surface area contributed by atoms with Crippen LogP contribution in [0, 0.1) is 0 Å². The minimum Gasteiger partial charge on any atom is -0.508 e. The molecule has 0 saturated heterocycles. The van der Waals surface area contributed by atoms with E-state index in [4.69, 9.17) is 30.6 Å². The van der Waals surface area contributed by atoms with Crippen LogP contribution < -0.4 is 0 Å². The average Bonchev–Trinajstić information content (AvgIpc) is 2.66. The molecule has 0 saturated carbocycles. The zero-order chi connectivity index (χ0) is 15.3. The Morgan fingerprint density at radius 2 is 1.70 bits per heavy atom. The lowest BCUT2D eigenvalue weighted by molar-refractivity contribution is -0.147. The largest absolute Gasteiger partial charge is 0.508 e. The fourth-order valence-electron chi connectivity index (χ4n) is 1.32. The molecule has 0 spiro atoms. The summed E-state index contributed by atoms with van der Waals surface area (Å²) in [6, 6.07) is 5.85. The van der Waals surface area contributed by atoms with Crippen LogP contribution in [0.4, 0.5) is 0 Å². The van der Waals surface area contributed by atoms with Crippen molar-refractivity contribution in [2.45, 2.75) is 12.2 Å². The SMILES string of the molecule is O=C1O[C@H]([C@@H](O)CO)C(O)=C1O.Oc1cccc(O)c1. The maximum absolute atomic E-state index is 10.5. The van der Waals surface area contributed by atoms with Gasteiger partial charge < -0.3 is 35.4 Å². The van der Waals surface area contributed by atoms with E-state index in [1.807, 2.05) is 0 Å². The van der Waals surface area contributed by atoms with E-state index in [0.717, 1.165) is 0 Å². The molecule has 0 unspecified atom stereocenters. The molecule has 0 radical (unpaired) electrons. The highest BCUT2D eigenvalue weighted by atomic mass is 16.6. The van der Waals surface area contributed by atoms with E-state index >= 15 is 0 Å². The minimum atomic E-state index is -1.42. The first-order valence-electron chi connectivity index (χ1n) is 5.46. The van der Waals surface area contributed by atoms with E-state index in [1.54, 1.807) is 6.07 Å². The van der Waals surface area contributed by atoms with Crippen LogP contribution in [0.15, 0.2) is 35.8 Å². The van der Waals surface area contributed by atoms with Crippen molar-refractivity contribution >= 4 is 5.97 Å². The Morgan fingerprint density at radius 1 is 1.15 bits per heavy atom. The van der Waals surface area contributed by atoms with Crippen molar-refractivity contribution in [2.75, 3.05) is 6.61 Å². The Balaban J connectivity index is 0.000000217. The average molecular weight is 286 g/mol. The van der Waals surface area contributed by atoms with Crippen LogP contribution in [0.25, 0.3) is 0 Å². The van der Waals surface area contributed by atoms with Gasteiger partial charge in [0.1, 0.15) is 17.6 Å². The monoisotopic (exact) mass is 286 g/mol. The number of ether oxygens (including phenoxy) is 1. The number of cyclic esters (lactones) is 1. The highest BCUT2D eigenvalue weighted by Gasteiger charge is 2.38. The third kappa shape index (κ3) is 3.77. The smallest absolute Gasteiger partial charge is 0.377 e. The lowest BCUT2D eigenvalue weighted by atomic mass is 10.2. The number of benzene rings is 1. The van der Waals surface area contributed by atoms with Gasteiger partial charge in [0, 0.05) is 6.07 Å². The highest BCUT2D eigenvalue weighted by molar-refractivity contribution is 5.89. The first-order chi connectivity index (χ1) is 9.36. The number of carbonyl (C=O) groups excluding carboxylic acids is 1. The number of aliphatic hydroxyl groups is 4. The van der Waals surface area contributed by atoms with Gasteiger partial charge in [-0.15, -0.1) is 0 Å². The van der Waals surface area contributed by atoms with Gasteiger partial charge in [-0.2, -0.15) is 0 Å². The maximum atomic E-state index is 10.5. The Kier molecular flexibility index (Phi) is 5.18. The van der Waals surface area contributed by atoms with Gasteiger partial charge in [0.05, 0.1) is 6.61 Å². The normalized spacial score (nSPS) is 19.1. The van der Waals surface area contributed by atoms with Crippen LogP contribution in [0.1, 0.15) is 0 Å². The van der Waals surface area contributed by atoms with Gasteiger partial charge in [0.15, 0.2) is 11.9 Å². The molecular weight excluding hydrogens is 272 g/mol. The summed E-state index contributed by atoms with van der Waals surface area (Å²) in [5.41, 5.74) is 0. The number of rotatable bonds is 2. The van der Waals surface area contributed by atoms with Crippen molar-refractivity contribution in [1.29, 1.82) is 0 Å². The zero-order valence-corrected chi connectivity index (χ0v) is 10.2. The topological polar surface area (TPSA) is 148 Å². The Hall–Kier alpha value is -2.45. The standard InChI is InChI=1S/C6H8O6.C6H6O2/c7-1-2(8)5-3(9)4(10)6(11)12-5;7-5-2-1-3-6(8)4-5/h2,5,7-10H,1H2;1-4,7-8H/t2-,5+;/m0./s1. The van der Waals surface area contributed by atoms with Gasteiger partial charge in [0.25, 0.3) is 0 Å². The Labute approximate surface area is 113 Å². The van der Waals surface area contributed by atoms with Crippen molar-refractivity contribution in [2.24, 2.45) is 0 Å². The van der Waals surface area contributed by atoms with Gasteiger partial charge in [-0.05, 0) is 12.1 Å². The summed E-state index contributed by atoms with van der Waals surface area (Å²) in [7, 11) is 0. The molecular formula is C12H14O8. The van der Waals surface area contributed by atoms with Gasteiger partial charge >= 0.3 is 5.97 Å². The molecule has 1 aromatic carbocycles. The van der Waals surface area contributed by atoms with Crippen molar-refractivity contribution in [3.8, 4) is 11.5 Å². The third-order valence-electron chi connectivity index (χ3n) is 2.31. The molecule has 110 valence electrons. The lowest BCUT2D eigenvalue weighted by Crippen LogP contribution is -2.31. The van der Waals surface area contributed by atoms with E-state index in [2.05, 4.69) is 4.74 Å². The molecule has 0 amide bonds. The number of aromatic hydroxyl groups is 2. The van der Waals surface area contributed by atoms with Crippen LogP contribution in [0.2, 0.25) is 0 Å². The molecule has 0 fully saturated rings. The molecule has 8 heteroatoms. The summed E-state index contributed by atoms with van der Waals surface area (Å²) in [5, 5.41) is 52.4. The quantitative estimate of drug-likeness (QED) is 0.406. The van der Waals surface area contributed by atoms with Crippen LogP contribution in [0.3, 0.4) is 0 Å². The zero-order valence-electron chi connectivity index (χ0n) is 10.2. The van der Waals surface area contributed by atoms with Crippen molar-refractivity contribution in [1.82, 2.24) is 0 Å². The molecule has 0 bridgehead atoms. The second-order valence-corrected chi connectivity index (χ2v) is 3.83. The summed E-state index contributed by atoms with van der Waals surface area (Å²) in [4.78, 5) is 10.5. The number of phenolic OH excluding ortho intramolecular Hbond substituents is 2. The summed E-state index contributed by atoms with van der Waals surface area (Å²) >= 11 is 0. The predicted molar refractivity (Wildman–Crippen MR) is 65.0 cm³/mol. The summed E-state index contributed by atoms with van der Waals surface area (Å²) in [5.74, 6) is -2.60. The number of phenols is 2. The molecule has 1 aliphatic rings. The van der Waals surface area contributed by atoms with Crippen molar-refractivity contribution in [3.05, 3.63) is 35.8 Å². The van der Waals surface area contributed by atoms with E-state index in [9.17, 15) is 4.79 Å². The van der Waals surface area contributed by atoms with E-state index in [1.165, 1.54) is 18.2 Å². The molecule has 1 heterocycles. The van der Waals surface area contributed by atoms with E-state index < -0.39 is 36.3 Å². The van der Waals surface area contributed by atoms with Crippen molar-refractivity contribution < 1.29 is 40.2 Å². The molecule has 0 aromatic heterocycles.